The van der Waals surface area contributed by atoms with Crippen molar-refractivity contribution in [1.82, 2.24) is 0 Å². The first-order chi connectivity index (χ1) is 10.4. The quantitative estimate of drug-likeness (QED) is 0.423. The molecule has 0 saturated carbocycles. The Bertz CT molecular complexity index is 828. The fourth-order valence-electron chi connectivity index (χ4n) is 3.39. The van der Waals surface area contributed by atoms with E-state index in [0.717, 1.165) is 12.8 Å². The van der Waals surface area contributed by atoms with Crippen molar-refractivity contribution < 1.29 is 51.0 Å². The van der Waals surface area contributed by atoms with E-state index in [9.17, 15) is 0 Å². The van der Waals surface area contributed by atoms with Crippen molar-refractivity contribution in [2.24, 2.45) is 0 Å². The molecule has 117 valence electrons. The molecule has 1 radical (unpaired) electrons. The van der Waals surface area contributed by atoms with Gasteiger partial charge in [0.2, 0.25) is 0 Å². The number of benzene rings is 2. The third kappa shape index (κ3) is 3.48. The summed E-state index contributed by atoms with van der Waals surface area (Å²) in [6.45, 7) is 0. The zero-order valence-corrected chi connectivity index (χ0v) is 17.0. The molecular weight excluding hydrogens is 414 g/mol. The zero-order valence-electron chi connectivity index (χ0n) is 13.0. The first-order valence-corrected chi connectivity index (χ1v) is 7.33. The van der Waals surface area contributed by atoms with Crippen LogP contribution in [0.3, 0.4) is 0 Å². The van der Waals surface area contributed by atoms with Gasteiger partial charge in [-0.15, -0.1) is 53.3 Å². The molecular formula is C21H15Cl2Zr. The number of fused-ring (bicyclic) bond motifs is 3. The van der Waals surface area contributed by atoms with Crippen LogP contribution >= 0.6 is 0 Å². The fourth-order valence-corrected chi connectivity index (χ4v) is 3.39. The minimum Gasteiger partial charge on any atom is -1.00 e. The molecule has 0 nitrogen and oxygen atoms in total. The van der Waals surface area contributed by atoms with E-state index in [1.807, 2.05) is 0 Å². The number of rotatable bonds is 2. The van der Waals surface area contributed by atoms with Crippen LogP contribution < -0.4 is 24.8 Å². The number of terminal acetylenes is 1. The predicted molar refractivity (Wildman–Crippen MR) is 87.7 cm³/mol. The molecule has 0 amide bonds. The van der Waals surface area contributed by atoms with E-state index in [0.29, 0.717) is 0 Å². The topological polar surface area (TPSA) is 0 Å². The van der Waals surface area contributed by atoms with Gasteiger partial charge in [-0.05, 0) is 12.0 Å². The Balaban J connectivity index is 0.000000960. The molecule has 0 heterocycles. The van der Waals surface area contributed by atoms with E-state index in [1.165, 1.54) is 33.4 Å². The summed E-state index contributed by atoms with van der Waals surface area (Å²) < 4.78 is 0. The van der Waals surface area contributed by atoms with E-state index < -0.39 is 0 Å². The van der Waals surface area contributed by atoms with Gasteiger partial charge in [-0.1, -0.05) is 47.5 Å². The standard InChI is InChI=1S/C21H15.2ClH.Zr/c1-2-7-17-18-10-5-6-11-19(18)20-13-12-16(14-21(17)20)15-8-3-4-9-15;;;/h1,3-6,8,10-13,17H,7,9H2;2*1H;/q-1;;;+3/p-2. The first kappa shape index (κ1) is 21.0. The smallest absolute Gasteiger partial charge is 1.00 e. The van der Waals surface area contributed by atoms with Gasteiger partial charge >= 0.3 is 26.2 Å². The Morgan fingerprint density at radius 1 is 1.08 bits per heavy atom. The molecule has 0 saturated heterocycles. The van der Waals surface area contributed by atoms with E-state index in [-0.39, 0.29) is 56.9 Å². The maximum Gasteiger partial charge on any atom is 3.00 e. The van der Waals surface area contributed by atoms with Crippen LogP contribution in [0.5, 0.6) is 0 Å². The second-order valence-electron chi connectivity index (χ2n) is 5.57. The van der Waals surface area contributed by atoms with Gasteiger partial charge in [0.15, 0.2) is 0 Å². The predicted octanol–water partition coefficient (Wildman–Crippen LogP) is -1.03. The Morgan fingerprint density at radius 2 is 1.88 bits per heavy atom. The van der Waals surface area contributed by atoms with Gasteiger partial charge in [0.05, 0.1) is 0 Å². The average molecular weight is 429 g/mol. The molecule has 1 unspecified atom stereocenters. The second-order valence-corrected chi connectivity index (χ2v) is 5.57. The van der Waals surface area contributed by atoms with E-state index >= 15 is 0 Å². The molecule has 2 aliphatic carbocycles. The molecule has 2 aromatic rings. The van der Waals surface area contributed by atoms with Crippen LogP contribution in [0.1, 0.15) is 35.4 Å². The maximum atomic E-state index is 5.60. The average Bonchev–Trinajstić information content (AvgIpc) is 3.15. The molecule has 24 heavy (non-hydrogen) atoms. The van der Waals surface area contributed by atoms with Gasteiger partial charge in [-0.2, -0.15) is 0 Å². The van der Waals surface area contributed by atoms with Crippen LogP contribution in [0.15, 0.2) is 54.6 Å². The molecule has 0 spiro atoms. The molecule has 0 fully saturated rings. The van der Waals surface area contributed by atoms with Gasteiger partial charge in [0, 0.05) is 12.3 Å². The van der Waals surface area contributed by atoms with Crippen LogP contribution in [-0.2, 0) is 26.2 Å². The SMILES string of the molecule is C#CCC1c2[c-]c(C3=CC=CC3)ccc2-c2ccccc21.[Cl-].[Cl-].[Zr+3]. The minimum absolute atomic E-state index is 0. The second kappa shape index (κ2) is 8.87. The van der Waals surface area contributed by atoms with Gasteiger partial charge in [-0.25, -0.2) is 0 Å². The van der Waals surface area contributed by atoms with E-state index in [4.69, 9.17) is 6.42 Å². The molecule has 2 aliphatic rings. The van der Waals surface area contributed by atoms with Gasteiger partial charge in [0.25, 0.3) is 0 Å². The van der Waals surface area contributed by atoms with Crippen molar-refractivity contribution in [2.75, 3.05) is 0 Å². The van der Waals surface area contributed by atoms with Crippen LogP contribution in [0.25, 0.3) is 16.7 Å². The monoisotopic (exact) mass is 427 g/mol. The van der Waals surface area contributed by atoms with Gasteiger partial charge < -0.3 is 24.8 Å². The number of halogens is 2. The van der Waals surface area contributed by atoms with Crippen LogP contribution in [0, 0.1) is 18.4 Å². The summed E-state index contributed by atoms with van der Waals surface area (Å²) in [4.78, 5) is 0. The minimum atomic E-state index is 0. The van der Waals surface area contributed by atoms with Crippen molar-refractivity contribution in [1.29, 1.82) is 0 Å². The zero-order chi connectivity index (χ0) is 14.2. The Labute approximate surface area is 175 Å². The summed E-state index contributed by atoms with van der Waals surface area (Å²) in [5, 5.41) is 0. The Hall–Kier alpha value is -1.06. The molecule has 0 aliphatic heterocycles. The summed E-state index contributed by atoms with van der Waals surface area (Å²) >= 11 is 0. The molecule has 2 aromatic carbocycles. The summed E-state index contributed by atoms with van der Waals surface area (Å²) in [6, 6.07) is 16.6. The third-order valence-electron chi connectivity index (χ3n) is 4.39. The molecule has 1 atom stereocenters. The fraction of sp³-hybridized carbons (Fsp3) is 0.143. The van der Waals surface area contributed by atoms with Crippen LogP contribution in [0.2, 0.25) is 0 Å². The summed E-state index contributed by atoms with van der Waals surface area (Å²) in [7, 11) is 0. The maximum absolute atomic E-state index is 5.60. The normalized spacial score (nSPS) is 15.8. The van der Waals surface area contributed by atoms with Crippen molar-refractivity contribution in [3.63, 3.8) is 0 Å². The molecule has 0 N–H and O–H groups in total. The first-order valence-electron chi connectivity index (χ1n) is 7.33. The molecule has 0 bridgehead atoms. The molecule has 4 rings (SSSR count). The number of allylic oxidation sites excluding steroid dienone is 4. The number of hydrogen-bond acceptors (Lipinski definition) is 0. The summed E-state index contributed by atoms with van der Waals surface area (Å²) in [5.41, 5.74) is 7.76. The van der Waals surface area contributed by atoms with Crippen LogP contribution in [0.4, 0.5) is 0 Å². The van der Waals surface area contributed by atoms with Crippen LogP contribution in [-0.4, -0.2) is 0 Å². The van der Waals surface area contributed by atoms with Crippen molar-refractivity contribution >= 4 is 5.57 Å². The van der Waals surface area contributed by atoms with E-state index in [2.05, 4.69) is 66.6 Å². The molecule has 3 heteroatoms. The third-order valence-corrected chi connectivity index (χ3v) is 4.39. The number of hydrogen-bond donors (Lipinski definition) is 0. The summed E-state index contributed by atoms with van der Waals surface area (Å²) in [5.74, 6) is 3.12. The Morgan fingerprint density at radius 3 is 2.58 bits per heavy atom. The van der Waals surface area contributed by atoms with Gasteiger partial charge in [0.1, 0.15) is 0 Å². The van der Waals surface area contributed by atoms with Gasteiger partial charge in [-0.3, -0.25) is 0 Å². The van der Waals surface area contributed by atoms with Crippen molar-refractivity contribution in [2.45, 2.75) is 18.8 Å². The largest absolute Gasteiger partial charge is 3.00 e. The molecule has 0 aromatic heterocycles. The van der Waals surface area contributed by atoms with Crippen molar-refractivity contribution in [3.05, 3.63) is 77.4 Å². The van der Waals surface area contributed by atoms with Crippen molar-refractivity contribution in [3.8, 4) is 23.5 Å². The summed E-state index contributed by atoms with van der Waals surface area (Å²) in [6.07, 6.45) is 13.8. The Kier molecular flexibility index (Phi) is 7.76. The van der Waals surface area contributed by atoms with E-state index in [1.54, 1.807) is 0 Å².